The average Bonchev–Trinajstić information content (AvgIpc) is 3.06. The Labute approximate surface area is 129 Å². The highest BCUT2D eigenvalue weighted by Crippen LogP contribution is 2.17. The van der Waals surface area contributed by atoms with E-state index in [0.29, 0.717) is 16.6 Å². The van der Waals surface area contributed by atoms with Crippen molar-refractivity contribution in [3.63, 3.8) is 0 Å². The van der Waals surface area contributed by atoms with Gasteiger partial charge in [-0.05, 0) is 38.1 Å². The van der Waals surface area contributed by atoms with Crippen LogP contribution in [0, 0.1) is 19.7 Å². The quantitative estimate of drug-likeness (QED) is 0.806. The molecule has 22 heavy (non-hydrogen) atoms. The molecule has 2 heterocycles. The largest absolute Gasteiger partial charge is 0.297 e. The van der Waals surface area contributed by atoms with E-state index >= 15 is 0 Å². The average molecular weight is 317 g/mol. The fourth-order valence-corrected chi connectivity index (χ4v) is 2.54. The summed E-state index contributed by atoms with van der Waals surface area (Å²) < 4.78 is 14.5. The number of aryl methyl sites for hydroxylation is 2. The van der Waals surface area contributed by atoms with E-state index < -0.39 is 5.91 Å². The molecule has 0 unspecified atom stereocenters. The summed E-state index contributed by atoms with van der Waals surface area (Å²) in [7, 11) is 0. The number of halogens is 1. The molecule has 3 aromatic rings. The van der Waals surface area contributed by atoms with Crippen molar-refractivity contribution in [3.05, 3.63) is 52.8 Å². The Balaban J connectivity index is 1.85. The van der Waals surface area contributed by atoms with Crippen LogP contribution in [0.1, 0.15) is 21.3 Å². The summed E-state index contributed by atoms with van der Waals surface area (Å²) in [4.78, 5) is 21.3. The van der Waals surface area contributed by atoms with Crippen molar-refractivity contribution in [2.75, 3.05) is 5.32 Å². The first-order chi connectivity index (χ1) is 10.5. The number of hydrogen-bond acceptors (Lipinski definition) is 5. The predicted molar refractivity (Wildman–Crippen MR) is 80.9 cm³/mol. The van der Waals surface area contributed by atoms with Gasteiger partial charge >= 0.3 is 0 Å². The zero-order valence-electron chi connectivity index (χ0n) is 11.9. The Morgan fingerprint density at radius 1 is 1.27 bits per heavy atom. The lowest BCUT2D eigenvalue weighted by molar-refractivity contribution is 0.101. The normalized spacial score (nSPS) is 10.7. The smallest absolute Gasteiger partial charge is 0.295 e. The molecular formula is C14H12FN5OS. The van der Waals surface area contributed by atoms with Gasteiger partial charge in [0.2, 0.25) is 5.82 Å². The molecule has 0 fully saturated rings. The number of hydrogen-bond donors (Lipinski definition) is 1. The van der Waals surface area contributed by atoms with Crippen molar-refractivity contribution < 1.29 is 9.18 Å². The number of benzene rings is 1. The van der Waals surface area contributed by atoms with E-state index in [9.17, 15) is 9.18 Å². The van der Waals surface area contributed by atoms with Crippen molar-refractivity contribution in [2.45, 2.75) is 13.8 Å². The van der Waals surface area contributed by atoms with E-state index in [1.165, 1.54) is 28.2 Å². The first kappa shape index (κ1) is 14.3. The molecule has 0 aliphatic carbocycles. The summed E-state index contributed by atoms with van der Waals surface area (Å²) in [5.41, 5.74) is 0.635. The molecule has 0 bridgehead atoms. The second kappa shape index (κ2) is 5.64. The molecule has 1 amide bonds. The number of nitrogens with one attached hydrogen (secondary N) is 1. The molecule has 1 aromatic carbocycles. The number of carbonyl (C=O) groups excluding carboxylic acids is 1. The van der Waals surface area contributed by atoms with E-state index in [1.807, 2.05) is 6.92 Å². The lowest BCUT2D eigenvalue weighted by Gasteiger charge is -2.01. The number of nitrogens with zero attached hydrogens (tertiary/aromatic N) is 4. The third kappa shape index (κ3) is 2.86. The molecule has 0 spiro atoms. The lowest BCUT2D eigenvalue weighted by Crippen LogP contribution is -2.14. The standard InChI is InChI=1S/C14H12FN5OS/c1-8-7-16-14(22-8)18-13(21)12-17-9(2)20(19-12)11-5-3-10(15)4-6-11/h3-7H,1-2H3,(H,16,18,21). The van der Waals surface area contributed by atoms with Gasteiger partial charge in [-0.15, -0.1) is 16.4 Å². The van der Waals surface area contributed by atoms with E-state index in [1.54, 1.807) is 25.3 Å². The van der Waals surface area contributed by atoms with E-state index in [0.717, 1.165) is 4.88 Å². The maximum atomic E-state index is 13.0. The molecule has 112 valence electrons. The van der Waals surface area contributed by atoms with Gasteiger partial charge in [-0.1, -0.05) is 0 Å². The molecule has 0 radical (unpaired) electrons. The molecule has 0 atom stereocenters. The maximum Gasteiger partial charge on any atom is 0.297 e. The Morgan fingerprint density at radius 3 is 2.64 bits per heavy atom. The minimum atomic E-state index is -0.432. The zero-order chi connectivity index (χ0) is 15.7. The molecule has 1 N–H and O–H groups in total. The minimum Gasteiger partial charge on any atom is -0.295 e. The molecule has 0 saturated heterocycles. The van der Waals surface area contributed by atoms with Gasteiger partial charge in [0.05, 0.1) is 5.69 Å². The first-order valence-electron chi connectivity index (χ1n) is 6.46. The van der Waals surface area contributed by atoms with Gasteiger partial charge in [0.1, 0.15) is 11.6 Å². The second-order valence-corrected chi connectivity index (χ2v) is 5.84. The molecule has 0 saturated carbocycles. The number of aromatic nitrogens is 4. The fourth-order valence-electron chi connectivity index (χ4n) is 1.88. The van der Waals surface area contributed by atoms with Crippen LogP contribution in [0.5, 0.6) is 0 Å². The van der Waals surface area contributed by atoms with Gasteiger partial charge in [-0.2, -0.15) is 0 Å². The summed E-state index contributed by atoms with van der Waals surface area (Å²) in [6.45, 7) is 3.62. The van der Waals surface area contributed by atoms with Crippen LogP contribution in [0.25, 0.3) is 5.69 Å². The van der Waals surface area contributed by atoms with Gasteiger partial charge in [0.25, 0.3) is 5.91 Å². The molecule has 8 heteroatoms. The SMILES string of the molecule is Cc1cnc(NC(=O)c2nc(C)n(-c3ccc(F)cc3)n2)s1. The number of rotatable bonds is 3. The predicted octanol–water partition coefficient (Wildman–Crippen LogP) is 2.73. The summed E-state index contributed by atoms with van der Waals surface area (Å²) >= 11 is 1.37. The number of anilines is 1. The van der Waals surface area contributed by atoms with Crippen LogP contribution in [0.2, 0.25) is 0 Å². The third-order valence-corrected chi connectivity index (χ3v) is 3.71. The zero-order valence-corrected chi connectivity index (χ0v) is 12.7. The van der Waals surface area contributed by atoms with Crippen LogP contribution >= 0.6 is 11.3 Å². The van der Waals surface area contributed by atoms with Gasteiger partial charge in [0.15, 0.2) is 5.13 Å². The van der Waals surface area contributed by atoms with Crippen molar-refractivity contribution in [1.29, 1.82) is 0 Å². The van der Waals surface area contributed by atoms with Crippen LogP contribution in [-0.4, -0.2) is 25.7 Å². The van der Waals surface area contributed by atoms with Crippen molar-refractivity contribution in [3.8, 4) is 5.69 Å². The Bertz CT molecular complexity index is 824. The number of amides is 1. The van der Waals surface area contributed by atoms with Gasteiger partial charge in [-0.25, -0.2) is 19.0 Å². The highest BCUT2D eigenvalue weighted by molar-refractivity contribution is 7.15. The van der Waals surface area contributed by atoms with E-state index in [2.05, 4.69) is 20.4 Å². The number of thiazole rings is 1. The van der Waals surface area contributed by atoms with Crippen molar-refractivity contribution >= 4 is 22.4 Å². The minimum absolute atomic E-state index is 0.0367. The molecule has 0 aliphatic heterocycles. The van der Waals surface area contributed by atoms with Crippen molar-refractivity contribution in [1.82, 2.24) is 19.7 Å². The second-order valence-electron chi connectivity index (χ2n) is 4.60. The van der Waals surface area contributed by atoms with Crippen molar-refractivity contribution in [2.24, 2.45) is 0 Å². The Kier molecular flexibility index (Phi) is 3.68. The third-order valence-electron chi connectivity index (χ3n) is 2.88. The van der Waals surface area contributed by atoms with Crippen LogP contribution in [0.15, 0.2) is 30.5 Å². The van der Waals surface area contributed by atoms with Crippen LogP contribution in [-0.2, 0) is 0 Å². The Hall–Kier alpha value is -2.61. The molecule has 0 aliphatic rings. The highest BCUT2D eigenvalue weighted by Gasteiger charge is 2.16. The maximum absolute atomic E-state index is 13.0. The first-order valence-corrected chi connectivity index (χ1v) is 7.28. The molecular weight excluding hydrogens is 305 g/mol. The van der Waals surface area contributed by atoms with Crippen LogP contribution in [0.4, 0.5) is 9.52 Å². The van der Waals surface area contributed by atoms with Crippen LogP contribution < -0.4 is 5.32 Å². The number of carbonyl (C=O) groups is 1. The molecule has 2 aromatic heterocycles. The van der Waals surface area contributed by atoms with E-state index in [4.69, 9.17) is 0 Å². The summed E-state index contributed by atoms with van der Waals surface area (Å²) in [5.74, 6) is -0.196. The molecule has 3 rings (SSSR count). The topological polar surface area (TPSA) is 72.7 Å². The summed E-state index contributed by atoms with van der Waals surface area (Å²) in [6, 6.07) is 5.80. The lowest BCUT2D eigenvalue weighted by atomic mass is 10.3. The summed E-state index contributed by atoms with van der Waals surface area (Å²) in [6.07, 6.45) is 1.68. The summed E-state index contributed by atoms with van der Waals surface area (Å²) in [5, 5.41) is 7.31. The van der Waals surface area contributed by atoms with Gasteiger partial charge in [-0.3, -0.25) is 10.1 Å². The van der Waals surface area contributed by atoms with Gasteiger partial charge < -0.3 is 0 Å². The monoisotopic (exact) mass is 317 g/mol. The fraction of sp³-hybridized carbons (Fsp3) is 0.143. The van der Waals surface area contributed by atoms with Crippen LogP contribution in [0.3, 0.4) is 0 Å². The molecule has 6 nitrogen and oxygen atoms in total. The highest BCUT2D eigenvalue weighted by atomic mass is 32.1. The van der Waals surface area contributed by atoms with E-state index in [-0.39, 0.29) is 11.6 Å². The van der Waals surface area contributed by atoms with Gasteiger partial charge in [0, 0.05) is 11.1 Å². The Morgan fingerprint density at radius 2 is 2.00 bits per heavy atom.